The van der Waals surface area contributed by atoms with Crippen molar-refractivity contribution in [3.8, 4) is 11.3 Å². The van der Waals surface area contributed by atoms with Gasteiger partial charge in [-0.05, 0) is 54.0 Å². The van der Waals surface area contributed by atoms with Crippen LogP contribution in [0.5, 0.6) is 0 Å². The Bertz CT molecular complexity index is 587. The molecule has 4 heteroatoms. The van der Waals surface area contributed by atoms with E-state index in [1.165, 1.54) is 16.7 Å². The van der Waals surface area contributed by atoms with Crippen LogP contribution in [0.3, 0.4) is 0 Å². The predicted molar refractivity (Wildman–Crippen MR) is 83.4 cm³/mol. The van der Waals surface area contributed by atoms with E-state index in [0.29, 0.717) is 0 Å². The Balaban J connectivity index is 2.44. The van der Waals surface area contributed by atoms with Crippen molar-refractivity contribution in [1.82, 2.24) is 15.1 Å². The number of hydrogen-bond acceptors (Lipinski definition) is 2. The van der Waals surface area contributed by atoms with Crippen molar-refractivity contribution in [3.05, 3.63) is 39.5 Å². The molecule has 1 aromatic carbocycles. The predicted octanol–water partition coefficient (Wildman–Crippen LogP) is 3.23. The molecule has 1 heterocycles. The van der Waals surface area contributed by atoms with Gasteiger partial charge in [0.25, 0.3) is 0 Å². The number of aromatic nitrogens is 2. The number of likely N-dealkylation sites (N-methyl/N-ethyl adjacent to an activating group) is 1. The third-order valence-electron chi connectivity index (χ3n) is 3.45. The molecule has 2 rings (SSSR count). The summed E-state index contributed by atoms with van der Waals surface area (Å²) in [5, 5.41) is 7.76. The van der Waals surface area contributed by atoms with Gasteiger partial charge < -0.3 is 5.32 Å². The molecule has 0 bridgehead atoms. The fourth-order valence-corrected chi connectivity index (χ4v) is 2.92. The molecule has 2 aromatic rings. The second kappa shape index (κ2) is 5.88. The molecule has 0 fully saturated rings. The summed E-state index contributed by atoms with van der Waals surface area (Å²) in [4.78, 5) is 0. The minimum atomic E-state index is 0.926. The SMILES string of the molecule is CNCCc1nn(C)c(-c2ccc(C)c(C)c2)c1Br. The third-order valence-corrected chi connectivity index (χ3v) is 4.28. The van der Waals surface area contributed by atoms with E-state index in [2.05, 4.69) is 58.4 Å². The van der Waals surface area contributed by atoms with Crippen molar-refractivity contribution in [1.29, 1.82) is 0 Å². The number of aryl methyl sites for hydroxylation is 3. The van der Waals surface area contributed by atoms with Crippen LogP contribution in [0.25, 0.3) is 11.3 Å². The zero-order valence-corrected chi connectivity index (χ0v) is 13.5. The van der Waals surface area contributed by atoms with E-state index in [1.54, 1.807) is 0 Å². The molecule has 3 nitrogen and oxygen atoms in total. The molecule has 102 valence electrons. The highest BCUT2D eigenvalue weighted by Gasteiger charge is 2.15. The minimum absolute atomic E-state index is 0.926. The largest absolute Gasteiger partial charge is 0.319 e. The molecular formula is C15H20BrN3. The molecule has 19 heavy (non-hydrogen) atoms. The molecule has 1 aromatic heterocycles. The Kier molecular flexibility index (Phi) is 4.42. The molecule has 0 unspecified atom stereocenters. The average Bonchev–Trinajstić information content (AvgIpc) is 2.65. The Labute approximate surface area is 123 Å². The molecule has 0 saturated heterocycles. The standard InChI is InChI=1S/C15H20BrN3/c1-10-5-6-12(9-11(10)2)15-14(16)13(7-8-17-3)18-19(15)4/h5-6,9,17H,7-8H2,1-4H3. The van der Waals surface area contributed by atoms with Crippen molar-refractivity contribution < 1.29 is 0 Å². The van der Waals surface area contributed by atoms with E-state index in [-0.39, 0.29) is 0 Å². The average molecular weight is 322 g/mol. The molecule has 0 amide bonds. The summed E-state index contributed by atoms with van der Waals surface area (Å²) in [7, 11) is 3.96. The lowest BCUT2D eigenvalue weighted by Crippen LogP contribution is -2.11. The first-order chi connectivity index (χ1) is 9.04. The first-order valence-electron chi connectivity index (χ1n) is 6.48. The van der Waals surface area contributed by atoms with Crippen molar-refractivity contribution in [2.75, 3.05) is 13.6 Å². The van der Waals surface area contributed by atoms with Gasteiger partial charge in [0.15, 0.2) is 0 Å². The monoisotopic (exact) mass is 321 g/mol. The third kappa shape index (κ3) is 2.90. The van der Waals surface area contributed by atoms with E-state index in [4.69, 9.17) is 0 Å². The van der Waals surface area contributed by atoms with E-state index in [0.717, 1.165) is 28.8 Å². The van der Waals surface area contributed by atoms with Crippen LogP contribution in [0.2, 0.25) is 0 Å². The second-order valence-corrected chi connectivity index (χ2v) is 5.68. The van der Waals surface area contributed by atoms with Crippen LogP contribution in [-0.2, 0) is 13.5 Å². The smallest absolute Gasteiger partial charge is 0.0824 e. The number of hydrogen-bond donors (Lipinski definition) is 1. The quantitative estimate of drug-likeness (QED) is 0.937. The van der Waals surface area contributed by atoms with Gasteiger partial charge in [0, 0.05) is 25.6 Å². The maximum absolute atomic E-state index is 4.61. The lowest BCUT2D eigenvalue weighted by atomic mass is 10.0. The lowest BCUT2D eigenvalue weighted by Gasteiger charge is -2.06. The van der Waals surface area contributed by atoms with Crippen LogP contribution in [0.4, 0.5) is 0 Å². The number of halogens is 1. The Morgan fingerprint density at radius 1 is 1.26 bits per heavy atom. The van der Waals surface area contributed by atoms with Gasteiger partial charge in [-0.15, -0.1) is 0 Å². The summed E-state index contributed by atoms with van der Waals surface area (Å²) in [6, 6.07) is 6.54. The molecule has 0 atom stereocenters. The number of benzene rings is 1. The number of rotatable bonds is 4. The van der Waals surface area contributed by atoms with Crippen LogP contribution >= 0.6 is 15.9 Å². The maximum Gasteiger partial charge on any atom is 0.0824 e. The molecule has 0 aliphatic heterocycles. The van der Waals surface area contributed by atoms with Crippen molar-refractivity contribution in [2.45, 2.75) is 20.3 Å². The normalized spacial score (nSPS) is 11.0. The summed E-state index contributed by atoms with van der Waals surface area (Å²) in [5.74, 6) is 0. The molecule has 0 saturated carbocycles. The first kappa shape index (κ1) is 14.3. The van der Waals surface area contributed by atoms with Crippen LogP contribution in [-0.4, -0.2) is 23.4 Å². The number of nitrogens with one attached hydrogen (secondary N) is 1. The van der Waals surface area contributed by atoms with E-state index in [1.807, 2.05) is 18.8 Å². The molecule has 1 N–H and O–H groups in total. The molecule has 0 aliphatic rings. The van der Waals surface area contributed by atoms with Gasteiger partial charge in [-0.2, -0.15) is 5.10 Å². The zero-order chi connectivity index (χ0) is 14.0. The fourth-order valence-electron chi connectivity index (χ4n) is 2.16. The molecular weight excluding hydrogens is 302 g/mol. The Morgan fingerprint density at radius 2 is 2.00 bits per heavy atom. The summed E-state index contributed by atoms with van der Waals surface area (Å²) >= 11 is 3.70. The highest BCUT2D eigenvalue weighted by atomic mass is 79.9. The number of nitrogens with zero attached hydrogens (tertiary/aromatic N) is 2. The van der Waals surface area contributed by atoms with Gasteiger partial charge in [0.1, 0.15) is 0 Å². The Morgan fingerprint density at radius 3 is 2.63 bits per heavy atom. The zero-order valence-electron chi connectivity index (χ0n) is 11.9. The molecule has 0 aliphatic carbocycles. The van der Waals surface area contributed by atoms with Gasteiger partial charge in [-0.25, -0.2) is 0 Å². The van der Waals surface area contributed by atoms with Crippen molar-refractivity contribution >= 4 is 15.9 Å². The van der Waals surface area contributed by atoms with Gasteiger partial charge in [0.2, 0.25) is 0 Å². The Hall–Kier alpha value is -1.13. The van der Waals surface area contributed by atoms with Crippen LogP contribution in [0.1, 0.15) is 16.8 Å². The van der Waals surface area contributed by atoms with Gasteiger partial charge in [0.05, 0.1) is 15.9 Å². The van der Waals surface area contributed by atoms with E-state index < -0.39 is 0 Å². The first-order valence-corrected chi connectivity index (χ1v) is 7.27. The topological polar surface area (TPSA) is 29.9 Å². The minimum Gasteiger partial charge on any atom is -0.319 e. The maximum atomic E-state index is 4.61. The van der Waals surface area contributed by atoms with E-state index in [9.17, 15) is 0 Å². The van der Waals surface area contributed by atoms with Crippen LogP contribution in [0.15, 0.2) is 22.7 Å². The summed E-state index contributed by atoms with van der Waals surface area (Å²) in [6.45, 7) is 5.21. The second-order valence-electron chi connectivity index (χ2n) is 4.89. The highest BCUT2D eigenvalue weighted by Crippen LogP contribution is 2.31. The molecule has 0 radical (unpaired) electrons. The van der Waals surface area contributed by atoms with Gasteiger partial charge in [-0.3, -0.25) is 4.68 Å². The van der Waals surface area contributed by atoms with E-state index >= 15 is 0 Å². The summed E-state index contributed by atoms with van der Waals surface area (Å²) in [6.07, 6.45) is 0.926. The summed E-state index contributed by atoms with van der Waals surface area (Å²) < 4.78 is 3.06. The van der Waals surface area contributed by atoms with Crippen LogP contribution < -0.4 is 5.32 Å². The van der Waals surface area contributed by atoms with Crippen LogP contribution in [0, 0.1) is 13.8 Å². The van der Waals surface area contributed by atoms with Gasteiger partial charge in [-0.1, -0.05) is 12.1 Å². The van der Waals surface area contributed by atoms with Crippen molar-refractivity contribution in [3.63, 3.8) is 0 Å². The summed E-state index contributed by atoms with van der Waals surface area (Å²) in [5.41, 5.74) is 6.08. The molecule has 0 spiro atoms. The van der Waals surface area contributed by atoms with Crippen molar-refractivity contribution in [2.24, 2.45) is 7.05 Å². The lowest BCUT2D eigenvalue weighted by molar-refractivity contribution is 0.720. The fraction of sp³-hybridized carbons (Fsp3) is 0.400. The van der Waals surface area contributed by atoms with Gasteiger partial charge >= 0.3 is 0 Å². The highest BCUT2D eigenvalue weighted by molar-refractivity contribution is 9.10.